The van der Waals surface area contributed by atoms with Gasteiger partial charge in [0.25, 0.3) is 0 Å². The zero-order valence-corrected chi connectivity index (χ0v) is 12.5. The van der Waals surface area contributed by atoms with Gasteiger partial charge in [0, 0.05) is 6.04 Å². The smallest absolute Gasteiger partial charge is 0.164 e. The normalized spacial score (nSPS) is 22.8. The summed E-state index contributed by atoms with van der Waals surface area (Å²) in [5.74, 6) is 0.110. The fraction of sp³-hybridized carbons (Fsp3) is 0.714. The molecule has 1 aliphatic carbocycles. The van der Waals surface area contributed by atoms with Gasteiger partial charge in [-0.3, -0.25) is 4.79 Å². The Morgan fingerprint density at radius 1 is 1.50 bits per heavy atom. The Kier molecular flexibility index (Phi) is 3.76. The first-order chi connectivity index (χ1) is 8.39. The zero-order valence-electron chi connectivity index (χ0n) is 11.7. The van der Waals surface area contributed by atoms with Crippen molar-refractivity contribution < 1.29 is 4.79 Å². The van der Waals surface area contributed by atoms with Crippen LogP contribution in [0.5, 0.6) is 0 Å². The number of rotatable bonds is 3. The molecule has 1 aromatic heterocycles. The van der Waals surface area contributed by atoms with Crippen molar-refractivity contribution in [3.63, 3.8) is 0 Å². The summed E-state index contributed by atoms with van der Waals surface area (Å²) in [6, 6.07) is 0.478. The van der Waals surface area contributed by atoms with Crippen LogP contribution in [0.4, 0.5) is 5.00 Å². The molecule has 1 saturated carbocycles. The zero-order chi connectivity index (χ0) is 13.3. The first-order valence-corrected chi connectivity index (χ1v) is 7.40. The minimum Gasteiger partial charge on any atom is -0.372 e. The number of anilines is 1. The molecule has 3 nitrogen and oxygen atoms in total. The maximum absolute atomic E-state index is 11.6. The highest BCUT2D eigenvalue weighted by Crippen LogP contribution is 2.37. The van der Waals surface area contributed by atoms with Crippen molar-refractivity contribution in [3.05, 3.63) is 11.3 Å². The number of aryl methyl sites for hydroxylation is 1. The van der Waals surface area contributed by atoms with Crippen molar-refractivity contribution in [3.8, 4) is 0 Å². The van der Waals surface area contributed by atoms with Gasteiger partial charge in [0.05, 0.1) is 11.3 Å². The van der Waals surface area contributed by atoms with Crippen molar-refractivity contribution in [2.24, 2.45) is 5.41 Å². The van der Waals surface area contributed by atoms with Gasteiger partial charge in [-0.05, 0) is 50.1 Å². The van der Waals surface area contributed by atoms with E-state index in [1.807, 2.05) is 6.92 Å². The quantitative estimate of drug-likeness (QED) is 0.840. The summed E-state index contributed by atoms with van der Waals surface area (Å²) in [6.07, 6.45) is 4.92. The van der Waals surface area contributed by atoms with Crippen molar-refractivity contribution in [2.75, 3.05) is 5.32 Å². The number of hydrogen-bond acceptors (Lipinski definition) is 4. The SMILES string of the molecule is CC(=O)c1c(C)nsc1NC1CCCC(C)(C)C1. The van der Waals surface area contributed by atoms with E-state index in [1.165, 1.54) is 37.2 Å². The maximum atomic E-state index is 11.6. The van der Waals surface area contributed by atoms with Gasteiger partial charge >= 0.3 is 0 Å². The number of carbonyl (C=O) groups is 1. The lowest BCUT2D eigenvalue weighted by Gasteiger charge is -2.35. The number of carbonyl (C=O) groups excluding carboxylic acids is 1. The fourth-order valence-corrected chi connectivity index (χ4v) is 3.81. The molecule has 0 amide bonds. The van der Waals surface area contributed by atoms with E-state index in [2.05, 4.69) is 23.5 Å². The molecule has 1 unspecified atom stereocenters. The van der Waals surface area contributed by atoms with Gasteiger partial charge < -0.3 is 5.32 Å². The maximum Gasteiger partial charge on any atom is 0.164 e. The minimum absolute atomic E-state index is 0.110. The van der Waals surface area contributed by atoms with Crippen LogP contribution in [0.15, 0.2) is 0 Å². The molecule has 1 aliphatic rings. The van der Waals surface area contributed by atoms with Gasteiger partial charge in [-0.15, -0.1) is 0 Å². The van der Waals surface area contributed by atoms with Gasteiger partial charge in [-0.1, -0.05) is 20.3 Å². The number of hydrogen-bond donors (Lipinski definition) is 1. The van der Waals surface area contributed by atoms with E-state index in [9.17, 15) is 4.79 Å². The van der Waals surface area contributed by atoms with Crippen LogP contribution >= 0.6 is 11.5 Å². The van der Waals surface area contributed by atoms with Crippen molar-refractivity contribution in [2.45, 2.75) is 59.4 Å². The molecule has 0 aromatic carbocycles. The third-order valence-electron chi connectivity index (χ3n) is 3.76. The Labute approximate surface area is 113 Å². The number of nitrogens with one attached hydrogen (secondary N) is 1. The van der Waals surface area contributed by atoms with Gasteiger partial charge in [0.15, 0.2) is 5.78 Å². The molecule has 1 aromatic rings. The molecule has 0 radical (unpaired) electrons. The Hall–Kier alpha value is -0.900. The highest BCUT2D eigenvalue weighted by Gasteiger charge is 2.29. The molecule has 18 heavy (non-hydrogen) atoms. The Bertz CT molecular complexity index is 451. The van der Waals surface area contributed by atoms with E-state index in [0.29, 0.717) is 11.5 Å². The van der Waals surface area contributed by atoms with E-state index in [-0.39, 0.29) is 5.78 Å². The predicted octanol–water partition coefficient (Wildman–Crippen LogP) is 4.03. The second-order valence-electron chi connectivity index (χ2n) is 6.13. The highest BCUT2D eigenvalue weighted by atomic mass is 32.1. The summed E-state index contributed by atoms with van der Waals surface area (Å²) in [5.41, 5.74) is 2.04. The van der Waals surface area contributed by atoms with Crippen molar-refractivity contribution in [1.82, 2.24) is 4.37 Å². The minimum atomic E-state index is 0.110. The summed E-state index contributed by atoms with van der Waals surface area (Å²) in [4.78, 5) is 11.6. The molecule has 0 saturated heterocycles. The molecular weight excluding hydrogens is 244 g/mol. The summed E-state index contributed by atoms with van der Waals surface area (Å²) in [7, 11) is 0. The van der Waals surface area contributed by atoms with Crippen LogP contribution in [0.3, 0.4) is 0 Å². The topological polar surface area (TPSA) is 42.0 Å². The van der Waals surface area contributed by atoms with Gasteiger partial charge in [-0.25, -0.2) is 0 Å². The fourth-order valence-electron chi connectivity index (χ4n) is 2.89. The summed E-state index contributed by atoms with van der Waals surface area (Å²) in [6.45, 7) is 8.17. The van der Waals surface area contributed by atoms with E-state index in [4.69, 9.17) is 0 Å². The largest absolute Gasteiger partial charge is 0.372 e. The highest BCUT2D eigenvalue weighted by molar-refractivity contribution is 7.10. The average molecular weight is 266 g/mol. The van der Waals surface area contributed by atoms with Crippen molar-refractivity contribution >= 4 is 22.3 Å². The summed E-state index contributed by atoms with van der Waals surface area (Å²) >= 11 is 1.42. The van der Waals surface area contributed by atoms with Crippen LogP contribution in [0.1, 0.15) is 62.5 Å². The van der Waals surface area contributed by atoms with Gasteiger partial charge in [0.1, 0.15) is 5.00 Å². The van der Waals surface area contributed by atoms with Crippen LogP contribution in [0.25, 0.3) is 0 Å². The molecule has 1 N–H and O–H groups in total. The monoisotopic (exact) mass is 266 g/mol. The number of nitrogens with zero attached hydrogens (tertiary/aromatic N) is 1. The van der Waals surface area contributed by atoms with E-state index < -0.39 is 0 Å². The molecule has 1 atom stereocenters. The molecule has 1 fully saturated rings. The summed E-state index contributed by atoms with van der Waals surface area (Å²) in [5, 5.41) is 4.50. The first-order valence-electron chi connectivity index (χ1n) is 6.63. The van der Waals surface area contributed by atoms with Gasteiger partial charge in [-0.2, -0.15) is 4.37 Å². The third kappa shape index (κ3) is 2.91. The molecular formula is C14H22N2OS. The van der Waals surface area contributed by atoms with E-state index >= 15 is 0 Å². The molecule has 0 spiro atoms. The number of Topliss-reactive ketones (excluding diaryl/α,β-unsaturated/α-hetero) is 1. The van der Waals surface area contributed by atoms with E-state index in [1.54, 1.807) is 6.92 Å². The number of aromatic nitrogens is 1. The van der Waals surface area contributed by atoms with Crippen LogP contribution in [0.2, 0.25) is 0 Å². The second kappa shape index (κ2) is 5.00. The van der Waals surface area contributed by atoms with Crippen LogP contribution in [0, 0.1) is 12.3 Å². The molecule has 0 bridgehead atoms. The number of ketones is 1. The standard InChI is InChI=1S/C14H22N2OS/c1-9-12(10(2)17)13(18-16-9)15-11-6-5-7-14(3,4)8-11/h11,15H,5-8H2,1-4H3. The average Bonchev–Trinajstić information content (AvgIpc) is 2.58. The molecule has 1 heterocycles. The molecule has 4 heteroatoms. The Morgan fingerprint density at radius 3 is 2.83 bits per heavy atom. The van der Waals surface area contributed by atoms with Crippen molar-refractivity contribution in [1.29, 1.82) is 0 Å². The lowest BCUT2D eigenvalue weighted by atomic mass is 9.75. The lowest BCUT2D eigenvalue weighted by molar-refractivity contribution is 0.101. The second-order valence-corrected chi connectivity index (χ2v) is 6.90. The third-order valence-corrected chi connectivity index (χ3v) is 4.62. The summed E-state index contributed by atoms with van der Waals surface area (Å²) < 4.78 is 4.30. The molecule has 0 aliphatic heterocycles. The first kappa shape index (κ1) is 13.5. The molecule has 100 valence electrons. The van der Waals surface area contributed by atoms with E-state index in [0.717, 1.165) is 16.3 Å². The Morgan fingerprint density at radius 2 is 2.22 bits per heavy atom. The lowest BCUT2D eigenvalue weighted by Crippen LogP contribution is -2.31. The van der Waals surface area contributed by atoms with Gasteiger partial charge in [0.2, 0.25) is 0 Å². The van der Waals surface area contributed by atoms with Crippen LogP contribution in [-0.2, 0) is 0 Å². The molecule has 2 rings (SSSR count). The van der Waals surface area contributed by atoms with Crippen LogP contribution in [-0.4, -0.2) is 16.2 Å². The predicted molar refractivity (Wildman–Crippen MR) is 76.5 cm³/mol. The Balaban J connectivity index is 2.12. The van der Waals surface area contributed by atoms with Crippen LogP contribution < -0.4 is 5.32 Å².